The highest BCUT2D eigenvalue weighted by Crippen LogP contribution is 2.49. The summed E-state index contributed by atoms with van der Waals surface area (Å²) in [6.07, 6.45) is 0.561. The first kappa shape index (κ1) is 27.0. The Balaban J connectivity index is 1.19. The number of ether oxygens (including phenoxy) is 1. The number of halogens is 1. The van der Waals surface area contributed by atoms with Crippen molar-refractivity contribution in [3.05, 3.63) is 107 Å². The van der Waals surface area contributed by atoms with Crippen molar-refractivity contribution in [3.63, 3.8) is 0 Å². The molecule has 1 amide bonds. The summed E-state index contributed by atoms with van der Waals surface area (Å²) >= 11 is 6.43. The second-order valence-corrected chi connectivity index (χ2v) is 11.5. The fraction of sp³-hybridized carbons (Fsp3) is 0.171. The number of carbonyl (C=O) groups is 3. The van der Waals surface area contributed by atoms with Gasteiger partial charge in [0.15, 0.2) is 5.78 Å². The number of nitrogens with one attached hydrogen (secondary N) is 3. The van der Waals surface area contributed by atoms with Crippen LogP contribution in [0.1, 0.15) is 62.8 Å². The van der Waals surface area contributed by atoms with Crippen molar-refractivity contribution in [2.45, 2.75) is 32.1 Å². The standard InChI is InChI=1S/C35H28ClN3O4/c1-18-7-9-28-20(11-18)15-31(39-28)35(42)37-23-8-10-29-21(12-23)14-30(38-29)34(41)27-13-22(17-36)33-25-6-4-3-5-24(25)32(16-26(27)33)43-19(2)40/h3-12,14-16,22,27,38-39H,13,17H2,1-2H3,(H,37,42). The number of ketones is 1. The minimum Gasteiger partial charge on any atom is -0.426 e. The number of H-pyrrole nitrogens is 2. The minimum absolute atomic E-state index is 0.0124. The summed E-state index contributed by atoms with van der Waals surface area (Å²) in [4.78, 5) is 45.4. The maximum absolute atomic E-state index is 14.0. The minimum atomic E-state index is -0.449. The van der Waals surface area contributed by atoms with Gasteiger partial charge in [-0.3, -0.25) is 14.4 Å². The molecule has 43 heavy (non-hydrogen) atoms. The number of amides is 1. The van der Waals surface area contributed by atoms with E-state index in [4.69, 9.17) is 16.3 Å². The van der Waals surface area contributed by atoms with Gasteiger partial charge in [0.2, 0.25) is 0 Å². The highest BCUT2D eigenvalue weighted by molar-refractivity contribution is 6.19. The van der Waals surface area contributed by atoms with Crippen LogP contribution in [0.3, 0.4) is 0 Å². The molecule has 1 aliphatic carbocycles. The van der Waals surface area contributed by atoms with E-state index in [1.165, 1.54) is 6.92 Å². The van der Waals surface area contributed by atoms with Crippen LogP contribution in [0, 0.1) is 6.92 Å². The van der Waals surface area contributed by atoms with Crippen LogP contribution in [0.2, 0.25) is 0 Å². The molecule has 0 saturated carbocycles. The molecule has 8 heteroatoms. The summed E-state index contributed by atoms with van der Waals surface area (Å²) < 4.78 is 5.57. The third-order valence-electron chi connectivity index (χ3n) is 8.31. The highest BCUT2D eigenvalue weighted by atomic mass is 35.5. The first-order valence-corrected chi connectivity index (χ1v) is 14.7. The summed E-state index contributed by atoms with van der Waals surface area (Å²) in [6.45, 7) is 3.38. The predicted octanol–water partition coefficient (Wildman–Crippen LogP) is 7.98. The summed E-state index contributed by atoms with van der Waals surface area (Å²) in [7, 11) is 0. The number of fused-ring (bicyclic) bond motifs is 5. The highest BCUT2D eigenvalue weighted by Gasteiger charge is 2.38. The van der Waals surface area contributed by atoms with Crippen LogP contribution in [0.25, 0.3) is 32.6 Å². The number of esters is 1. The molecule has 214 valence electrons. The van der Waals surface area contributed by atoms with E-state index >= 15 is 0 Å². The summed E-state index contributed by atoms with van der Waals surface area (Å²) in [5.74, 6) is -0.370. The quantitative estimate of drug-likeness (QED) is 0.0792. The van der Waals surface area contributed by atoms with Crippen molar-refractivity contribution in [3.8, 4) is 5.75 Å². The van der Waals surface area contributed by atoms with Gasteiger partial charge in [0, 0.05) is 51.6 Å². The SMILES string of the molecule is CC(=O)Oc1cc2c(c3ccccc13)C(CCl)CC2C(=O)c1cc2cc(NC(=O)c3cc4cc(C)ccc4[nH]3)ccc2[nH]1. The van der Waals surface area contributed by atoms with Crippen LogP contribution in [0.4, 0.5) is 5.69 Å². The van der Waals surface area contributed by atoms with E-state index in [1.807, 2.05) is 85.8 Å². The molecular weight excluding hydrogens is 562 g/mol. The molecule has 4 aromatic carbocycles. The molecule has 2 heterocycles. The molecule has 0 aliphatic heterocycles. The van der Waals surface area contributed by atoms with Gasteiger partial charge in [-0.25, -0.2) is 0 Å². The average Bonchev–Trinajstić information content (AvgIpc) is 3.71. The van der Waals surface area contributed by atoms with Gasteiger partial charge in [0.05, 0.1) is 5.69 Å². The van der Waals surface area contributed by atoms with E-state index in [-0.39, 0.29) is 17.6 Å². The molecule has 3 N–H and O–H groups in total. The Labute approximate surface area is 252 Å². The molecular formula is C35H28ClN3O4. The Morgan fingerprint density at radius 3 is 2.35 bits per heavy atom. The second kappa shape index (κ2) is 10.4. The topological polar surface area (TPSA) is 104 Å². The first-order chi connectivity index (χ1) is 20.8. The Morgan fingerprint density at radius 1 is 0.884 bits per heavy atom. The average molecular weight is 590 g/mol. The van der Waals surface area contributed by atoms with Gasteiger partial charge in [0.1, 0.15) is 11.4 Å². The van der Waals surface area contributed by atoms with Crippen molar-refractivity contribution in [2.75, 3.05) is 11.2 Å². The van der Waals surface area contributed by atoms with Crippen molar-refractivity contribution >= 4 is 67.5 Å². The number of aromatic amines is 2. The van der Waals surface area contributed by atoms with Gasteiger partial charge in [-0.2, -0.15) is 0 Å². The van der Waals surface area contributed by atoms with Crippen molar-refractivity contribution in [1.29, 1.82) is 0 Å². The molecule has 1 aliphatic rings. The first-order valence-electron chi connectivity index (χ1n) is 14.2. The fourth-order valence-electron chi connectivity index (χ4n) is 6.39. The van der Waals surface area contributed by atoms with E-state index in [0.717, 1.165) is 49.3 Å². The van der Waals surface area contributed by atoms with Crippen molar-refractivity contribution in [2.24, 2.45) is 0 Å². The molecule has 0 bridgehead atoms. The maximum atomic E-state index is 14.0. The number of Topliss-reactive ketones (excluding diaryl/α,β-unsaturated/α-hetero) is 1. The number of carbonyl (C=O) groups excluding carboxylic acids is 3. The Kier molecular flexibility index (Phi) is 6.55. The van der Waals surface area contributed by atoms with Crippen LogP contribution >= 0.6 is 11.6 Å². The fourth-order valence-corrected chi connectivity index (χ4v) is 6.67. The largest absolute Gasteiger partial charge is 0.426 e. The zero-order valence-corrected chi connectivity index (χ0v) is 24.3. The maximum Gasteiger partial charge on any atom is 0.308 e. The molecule has 7 rings (SSSR count). The number of benzene rings is 4. The predicted molar refractivity (Wildman–Crippen MR) is 170 cm³/mol. The normalized spacial score (nSPS) is 16.1. The molecule has 0 fully saturated rings. The molecule has 0 saturated heterocycles. The van der Waals surface area contributed by atoms with Crippen LogP contribution < -0.4 is 10.1 Å². The summed E-state index contributed by atoms with van der Waals surface area (Å²) in [6, 6.07) is 24.7. The smallest absolute Gasteiger partial charge is 0.308 e. The number of hydrogen-bond acceptors (Lipinski definition) is 4. The van der Waals surface area contributed by atoms with Crippen molar-refractivity contribution < 1.29 is 19.1 Å². The number of aryl methyl sites for hydroxylation is 1. The summed E-state index contributed by atoms with van der Waals surface area (Å²) in [5, 5.41) is 6.51. The van der Waals surface area contributed by atoms with Crippen LogP contribution in [0.15, 0.2) is 78.9 Å². The van der Waals surface area contributed by atoms with E-state index in [2.05, 4.69) is 15.3 Å². The molecule has 2 atom stereocenters. The van der Waals surface area contributed by atoms with E-state index < -0.39 is 11.9 Å². The van der Waals surface area contributed by atoms with Gasteiger partial charge >= 0.3 is 5.97 Å². The molecule has 6 aromatic rings. The molecule has 7 nitrogen and oxygen atoms in total. The number of rotatable bonds is 6. The van der Waals surface area contributed by atoms with Gasteiger partial charge < -0.3 is 20.0 Å². The van der Waals surface area contributed by atoms with Gasteiger partial charge in [-0.05, 0) is 84.3 Å². The van der Waals surface area contributed by atoms with E-state index in [1.54, 1.807) is 0 Å². The lowest BCUT2D eigenvalue weighted by molar-refractivity contribution is -0.131. The van der Waals surface area contributed by atoms with Gasteiger partial charge in [-0.1, -0.05) is 35.9 Å². The van der Waals surface area contributed by atoms with Crippen LogP contribution in [-0.4, -0.2) is 33.5 Å². The number of aromatic nitrogens is 2. The number of anilines is 1. The van der Waals surface area contributed by atoms with Crippen LogP contribution in [-0.2, 0) is 4.79 Å². The summed E-state index contributed by atoms with van der Waals surface area (Å²) in [5.41, 5.74) is 6.25. The lowest BCUT2D eigenvalue weighted by Gasteiger charge is -2.15. The zero-order valence-electron chi connectivity index (χ0n) is 23.6. The van der Waals surface area contributed by atoms with Crippen LogP contribution in [0.5, 0.6) is 5.75 Å². The van der Waals surface area contributed by atoms with Crippen molar-refractivity contribution in [1.82, 2.24) is 9.97 Å². The molecule has 0 spiro atoms. The van der Waals surface area contributed by atoms with Gasteiger partial charge in [-0.15, -0.1) is 11.6 Å². The Bertz CT molecular complexity index is 2110. The lowest BCUT2D eigenvalue weighted by Crippen LogP contribution is -2.12. The second-order valence-electron chi connectivity index (χ2n) is 11.2. The van der Waals surface area contributed by atoms with E-state index in [0.29, 0.717) is 35.1 Å². The molecule has 2 unspecified atom stereocenters. The monoisotopic (exact) mass is 589 g/mol. The zero-order chi connectivity index (χ0) is 29.8. The number of hydrogen-bond donors (Lipinski definition) is 3. The Hall–Kier alpha value is -4.88. The lowest BCUT2D eigenvalue weighted by atomic mass is 9.92. The number of alkyl halides is 1. The van der Waals surface area contributed by atoms with Gasteiger partial charge in [0.25, 0.3) is 5.91 Å². The third-order valence-corrected chi connectivity index (χ3v) is 8.68. The third kappa shape index (κ3) is 4.76. The molecule has 0 radical (unpaired) electrons. The van der Waals surface area contributed by atoms with E-state index in [9.17, 15) is 14.4 Å². The molecule has 2 aromatic heterocycles. The Morgan fingerprint density at radius 2 is 1.58 bits per heavy atom.